The van der Waals surface area contributed by atoms with Crippen LogP contribution in [0.1, 0.15) is 57.1 Å². The topological polar surface area (TPSA) is 73.0 Å². The van der Waals surface area contributed by atoms with Crippen LogP contribution in [0.3, 0.4) is 0 Å². The van der Waals surface area contributed by atoms with E-state index in [-0.39, 0.29) is 24.4 Å². The van der Waals surface area contributed by atoms with Gasteiger partial charge in [0.15, 0.2) is 0 Å². The molecule has 0 atom stereocenters. The molecule has 1 saturated carbocycles. The summed E-state index contributed by atoms with van der Waals surface area (Å²) >= 11 is 0. The Morgan fingerprint density at radius 2 is 1.63 bits per heavy atom. The number of nitrogens with zero attached hydrogens (tertiary/aromatic N) is 3. The predicted octanol–water partition coefficient (Wildman–Crippen LogP) is 2.74. The molecule has 30 heavy (non-hydrogen) atoms. The molecule has 4 amide bonds. The molecule has 0 aromatic heterocycles. The molecule has 1 aromatic carbocycles. The van der Waals surface area contributed by atoms with Crippen LogP contribution in [0, 0.1) is 0 Å². The normalized spacial score (nSPS) is 18.5. The molecule has 164 valence electrons. The molecule has 1 spiro atoms. The summed E-state index contributed by atoms with van der Waals surface area (Å²) in [7, 11) is 1.68. The number of carbonyl (C=O) groups is 3. The van der Waals surface area contributed by atoms with Crippen molar-refractivity contribution in [2.24, 2.45) is 0 Å². The fourth-order valence-corrected chi connectivity index (χ4v) is 4.54. The molecule has 2 fully saturated rings. The van der Waals surface area contributed by atoms with E-state index >= 15 is 0 Å². The number of amides is 4. The summed E-state index contributed by atoms with van der Waals surface area (Å²) in [6.45, 7) is 7.39. The fraction of sp³-hybridized carbons (Fsp3) is 0.609. The summed E-state index contributed by atoms with van der Waals surface area (Å²) in [5, 5.41) is 2.84. The largest absolute Gasteiger partial charge is 0.350 e. The second-order valence-electron chi connectivity index (χ2n) is 8.38. The Morgan fingerprint density at radius 3 is 2.23 bits per heavy atom. The first kappa shape index (κ1) is 22.3. The van der Waals surface area contributed by atoms with Crippen LogP contribution >= 0.6 is 0 Å². The monoisotopic (exact) mass is 414 g/mol. The number of likely N-dealkylation sites (N-methyl/N-ethyl adjacent to an activating group) is 1. The van der Waals surface area contributed by atoms with Crippen LogP contribution in [0.4, 0.5) is 4.79 Å². The minimum Gasteiger partial charge on any atom is -0.350 e. The SMILES string of the molecule is CCN(CC)Cc1ccc(CNC(=O)CN2C(=O)N(C)C3(CCCCC3)C2=O)cc1. The zero-order valence-electron chi connectivity index (χ0n) is 18.4. The number of rotatable bonds is 8. The molecular formula is C23H34N4O3. The van der Waals surface area contributed by atoms with Gasteiger partial charge in [-0.15, -0.1) is 0 Å². The van der Waals surface area contributed by atoms with Gasteiger partial charge < -0.3 is 10.2 Å². The number of carbonyl (C=O) groups excluding carboxylic acids is 3. The van der Waals surface area contributed by atoms with E-state index in [0.717, 1.165) is 49.4 Å². The van der Waals surface area contributed by atoms with Crippen molar-refractivity contribution < 1.29 is 14.4 Å². The molecule has 1 N–H and O–H groups in total. The predicted molar refractivity (Wildman–Crippen MR) is 116 cm³/mol. The van der Waals surface area contributed by atoms with Crippen LogP contribution in [0.15, 0.2) is 24.3 Å². The van der Waals surface area contributed by atoms with E-state index in [1.54, 1.807) is 11.9 Å². The molecule has 1 heterocycles. The van der Waals surface area contributed by atoms with Gasteiger partial charge in [0, 0.05) is 20.1 Å². The van der Waals surface area contributed by atoms with Crippen molar-refractivity contribution in [2.45, 2.75) is 64.6 Å². The highest BCUT2D eigenvalue weighted by Crippen LogP contribution is 2.39. The van der Waals surface area contributed by atoms with Crippen molar-refractivity contribution >= 4 is 17.8 Å². The highest BCUT2D eigenvalue weighted by molar-refractivity contribution is 6.08. The summed E-state index contributed by atoms with van der Waals surface area (Å²) in [5.41, 5.74) is 1.49. The highest BCUT2D eigenvalue weighted by atomic mass is 16.2. The first-order chi connectivity index (χ1) is 14.4. The van der Waals surface area contributed by atoms with Crippen molar-refractivity contribution in [3.8, 4) is 0 Å². The van der Waals surface area contributed by atoms with Crippen molar-refractivity contribution in [3.05, 3.63) is 35.4 Å². The van der Waals surface area contributed by atoms with Crippen LogP contribution in [0.2, 0.25) is 0 Å². The van der Waals surface area contributed by atoms with Gasteiger partial charge in [-0.3, -0.25) is 19.4 Å². The summed E-state index contributed by atoms with van der Waals surface area (Å²) in [5.74, 6) is -0.532. The van der Waals surface area contributed by atoms with Crippen LogP contribution < -0.4 is 5.32 Å². The van der Waals surface area contributed by atoms with Crippen LogP contribution in [0.5, 0.6) is 0 Å². The van der Waals surface area contributed by atoms with E-state index in [9.17, 15) is 14.4 Å². The number of nitrogens with one attached hydrogen (secondary N) is 1. The average Bonchev–Trinajstić information content (AvgIpc) is 2.93. The van der Waals surface area contributed by atoms with Gasteiger partial charge in [-0.1, -0.05) is 57.4 Å². The number of imide groups is 1. The third-order valence-electron chi connectivity index (χ3n) is 6.60. The lowest BCUT2D eigenvalue weighted by Gasteiger charge is -2.35. The van der Waals surface area contributed by atoms with Gasteiger partial charge in [0.05, 0.1) is 0 Å². The van der Waals surface area contributed by atoms with Gasteiger partial charge >= 0.3 is 6.03 Å². The molecule has 0 unspecified atom stereocenters. The second-order valence-corrected chi connectivity index (χ2v) is 8.38. The van der Waals surface area contributed by atoms with E-state index in [1.807, 2.05) is 12.1 Å². The lowest BCUT2D eigenvalue weighted by atomic mass is 9.81. The van der Waals surface area contributed by atoms with Crippen molar-refractivity contribution in [1.82, 2.24) is 20.0 Å². The molecule has 0 bridgehead atoms. The maximum atomic E-state index is 13.0. The lowest BCUT2D eigenvalue weighted by Crippen LogP contribution is -2.49. The van der Waals surface area contributed by atoms with Gasteiger partial charge in [-0.25, -0.2) is 4.79 Å². The summed E-state index contributed by atoms with van der Waals surface area (Å²) < 4.78 is 0. The maximum Gasteiger partial charge on any atom is 0.327 e. The number of hydrogen-bond acceptors (Lipinski definition) is 4. The van der Waals surface area contributed by atoms with Gasteiger partial charge in [0.1, 0.15) is 12.1 Å². The van der Waals surface area contributed by atoms with E-state index in [2.05, 4.69) is 36.2 Å². The lowest BCUT2D eigenvalue weighted by molar-refractivity contribution is -0.137. The molecule has 3 rings (SSSR count). The Hall–Kier alpha value is -2.41. The highest BCUT2D eigenvalue weighted by Gasteiger charge is 2.55. The minimum absolute atomic E-state index is 0.217. The Balaban J connectivity index is 1.53. The molecule has 1 aromatic rings. The van der Waals surface area contributed by atoms with Crippen molar-refractivity contribution in [1.29, 1.82) is 0 Å². The average molecular weight is 415 g/mol. The molecule has 7 nitrogen and oxygen atoms in total. The number of urea groups is 1. The molecule has 1 aliphatic carbocycles. The van der Waals surface area contributed by atoms with Crippen LogP contribution in [0.25, 0.3) is 0 Å². The first-order valence-electron chi connectivity index (χ1n) is 11.1. The Bertz CT molecular complexity index is 767. The summed E-state index contributed by atoms with van der Waals surface area (Å²) in [6.07, 6.45) is 4.34. The van der Waals surface area contributed by atoms with Gasteiger partial charge in [0.25, 0.3) is 5.91 Å². The van der Waals surface area contributed by atoms with Crippen molar-refractivity contribution in [3.63, 3.8) is 0 Å². The Morgan fingerprint density at radius 1 is 1.03 bits per heavy atom. The van der Waals surface area contributed by atoms with Gasteiger partial charge in [0.2, 0.25) is 5.91 Å². The van der Waals surface area contributed by atoms with E-state index in [4.69, 9.17) is 0 Å². The van der Waals surface area contributed by atoms with Crippen LogP contribution in [-0.4, -0.2) is 64.8 Å². The van der Waals surface area contributed by atoms with Gasteiger partial charge in [-0.2, -0.15) is 0 Å². The zero-order valence-corrected chi connectivity index (χ0v) is 18.4. The maximum absolute atomic E-state index is 13.0. The molecule has 1 saturated heterocycles. The molecule has 2 aliphatic rings. The minimum atomic E-state index is -0.740. The molecule has 0 radical (unpaired) electrons. The first-order valence-corrected chi connectivity index (χ1v) is 11.1. The zero-order chi connectivity index (χ0) is 21.7. The smallest absolute Gasteiger partial charge is 0.327 e. The molecule has 1 aliphatic heterocycles. The van der Waals surface area contributed by atoms with E-state index in [1.165, 1.54) is 5.56 Å². The Labute approximate surface area is 179 Å². The summed E-state index contributed by atoms with van der Waals surface area (Å²) in [4.78, 5) is 43.1. The van der Waals surface area contributed by atoms with E-state index < -0.39 is 5.54 Å². The third-order valence-corrected chi connectivity index (χ3v) is 6.60. The summed E-state index contributed by atoms with van der Waals surface area (Å²) in [6, 6.07) is 7.81. The molecule has 7 heteroatoms. The number of hydrogen-bond donors (Lipinski definition) is 1. The number of benzene rings is 1. The fourth-order valence-electron chi connectivity index (χ4n) is 4.54. The molecular weight excluding hydrogens is 380 g/mol. The third kappa shape index (κ3) is 4.51. The Kier molecular flexibility index (Phi) is 7.13. The second kappa shape index (κ2) is 9.60. The van der Waals surface area contributed by atoms with E-state index in [0.29, 0.717) is 19.4 Å². The van der Waals surface area contributed by atoms with Gasteiger partial charge in [-0.05, 0) is 37.1 Å². The quantitative estimate of drug-likeness (QED) is 0.664. The van der Waals surface area contributed by atoms with Crippen LogP contribution in [-0.2, 0) is 22.7 Å². The standard InChI is InChI=1S/C23H34N4O3/c1-4-26(5-2)16-19-11-9-18(10-12-19)15-24-20(28)17-27-21(29)23(25(3)22(27)30)13-7-6-8-14-23/h9-12H,4-8,13-17H2,1-3H3,(H,24,28). The van der Waals surface area contributed by atoms with Crippen molar-refractivity contribution in [2.75, 3.05) is 26.7 Å².